The number of aromatic amines is 1. The number of fused-ring (bicyclic) bond motifs is 1. The fourth-order valence-corrected chi connectivity index (χ4v) is 2.58. The van der Waals surface area contributed by atoms with Crippen molar-refractivity contribution in [3.63, 3.8) is 0 Å². The summed E-state index contributed by atoms with van der Waals surface area (Å²) in [6.45, 7) is 0. The summed E-state index contributed by atoms with van der Waals surface area (Å²) in [5.41, 5.74) is 2.05. The van der Waals surface area contributed by atoms with Gasteiger partial charge in [0.15, 0.2) is 5.82 Å². The van der Waals surface area contributed by atoms with E-state index < -0.39 is 23.0 Å². The molecule has 3 aromatic rings. The Morgan fingerprint density at radius 1 is 1.39 bits per heavy atom. The lowest BCUT2D eigenvalue weighted by atomic mass is 10.0. The summed E-state index contributed by atoms with van der Waals surface area (Å²) >= 11 is 3.26. The highest BCUT2D eigenvalue weighted by Crippen LogP contribution is 2.27. The van der Waals surface area contributed by atoms with Crippen molar-refractivity contribution in [2.24, 2.45) is 0 Å². The standard InChI is InChI=1S/C15H10BrF2N3O2/c1-23-21-11-3-2-10(17)12(13(11)18)14(22)9-6-20-15-8(9)4-7(16)5-19-15/h2-6,21H,1H3,(H,19,20). The van der Waals surface area contributed by atoms with Gasteiger partial charge in [-0.1, -0.05) is 0 Å². The van der Waals surface area contributed by atoms with Crippen LogP contribution in [-0.4, -0.2) is 22.9 Å². The third-order valence-corrected chi connectivity index (χ3v) is 3.71. The summed E-state index contributed by atoms with van der Waals surface area (Å²) in [7, 11) is 1.28. The molecular formula is C15H10BrF2N3O2. The average molecular weight is 382 g/mol. The van der Waals surface area contributed by atoms with Crippen molar-refractivity contribution in [3.05, 3.63) is 57.8 Å². The smallest absolute Gasteiger partial charge is 0.201 e. The van der Waals surface area contributed by atoms with Crippen LogP contribution in [0.15, 0.2) is 35.1 Å². The molecular weight excluding hydrogens is 372 g/mol. The van der Waals surface area contributed by atoms with Crippen LogP contribution in [0.25, 0.3) is 11.0 Å². The molecule has 0 aliphatic heterocycles. The minimum absolute atomic E-state index is 0.126. The van der Waals surface area contributed by atoms with Crippen LogP contribution in [0.1, 0.15) is 15.9 Å². The molecule has 0 fully saturated rings. The third-order valence-electron chi connectivity index (χ3n) is 3.27. The van der Waals surface area contributed by atoms with Crippen molar-refractivity contribution >= 4 is 38.4 Å². The second-order valence-electron chi connectivity index (χ2n) is 4.67. The lowest BCUT2D eigenvalue weighted by Gasteiger charge is -2.09. The van der Waals surface area contributed by atoms with Crippen molar-refractivity contribution in [3.8, 4) is 0 Å². The molecule has 0 aliphatic rings. The lowest BCUT2D eigenvalue weighted by Crippen LogP contribution is -2.10. The average Bonchev–Trinajstić information content (AvgIpc) is 2.93. The number of H-pyrrole nitrogens is 1. The Bertz CT molecular complexity index is 911. The summed E-state index contributed by atoms with van der Waals surface area (Å²) in [6, 6.07) is 3.80. The van der Waals surface area contributed by atoms with Crippen molar-refractivity contribution in [1.82, 2.24) is 9.97 Å². The van der Waals surface area contributed by atoms with Crippen LogP contribution in [0.3, 0.4) is 0 Å². The molecule has 0 atom stereocenters. The predicted octanol–water partition coefficient (Wildman–Crippen LogP) is 3.81. The number of benzene rings is 1. The van der Waals surface area contributed by atoms with Gasteiger partial charge in [-0.2, -0.15) is 0 Å². The molecule has 2 aromatic heterocycles. The molecule has 0 amide bonds. The fraction of sp³-hybridized carbons (Fsp3) is 0.0667. The van der Waals surface area contributed by atoms with Crippen molar-refractivity contribution in [2.75, 3.05) is 12.6 Å². The molecule has 0 bridgehead atoms. The highest BCUT2D eigenvalue weighted by molar-refractivity contribution is 9.10. The number of halogens is 3. The van der Waals surface area contributed by atoms with E-state index in [0.29, 0.717) is 15.5 Å². The van der Waals surface area contributed by atoms with Gasteiger partial charge >= 0.3 is 0 Å². The van der Waals surface area contributed by atoms with Crippen LogP contribution in [0.2, 0.25) is 0 Å². The first kappa shape index (κ1) is 15.6. The Kier molecular flexibility index (Phi) is 4.10. The van der Waals surface area contributed by atoms with Gasteiger partial charge in [-0.15, -0.1) is 0 Å². The third kappa shape index (κ3) is 2.71. The van der Waals surface area contributed by atoms with Crippen LogP contribution in [-0.2, 0) is 4.84 Å². The molecule has 1 aromatic carbocycles. The van der Waals surface area contributed by atoms with Crippen LogP contribution >= 0.6 is 15.9 Å². The van der Waals surface area contributed by atoms with E-state index in [1.54, 1.807) is 12.3 Å². The molecule has 0 aliphatic carbocycles. The maximum absolute atomic E-state index is 14.4. The first-order valence-corrected chi connectivity index (χ1v) is 7.26. The zero-order valence-corrected chi connectivity index (χ0v) is 13.4. The molecule has 0 spiro atoms. The molecule has 23 heavy (non-hydrogen) atoms. The Morgan fingerprint density at radius 2 is 2.17 bits per heavy atom. The van der Waals surface area contributed by atoms with Gasteiger partial charge in [0.2, 0.25) is 5.78 Å². The largest absolute Gasteiger partial charge is 0.345 e. The summed E-state index contributed by atoms with van der Waals surface area (Å²) in [4.78, 5) is 24.1. The Balaban J connectivity index is 2.16. The minimum Gasteiger partial charge on any atom is -0.345 e. The zero-order chi connectivity index (χ0) is 16.6. The maximum atomic E-state index is 14.4. The summed E-state index contributed by atoms with van der Waals surface area (Å²) in [6.07, 6.45) is 2.93. The molecule has 3 rings (SSSR count). The Labute approximate surface area is 137 Å². The number of anilines is 1. The van der Waals surface area contributed by atoms with E-state index in [1.807, 2.05) is 0 Å². The molecule has 8 heteroatoms. The SMILES string of the molecule is CONc1ccc(F)c(C(=O)c2c[nH]c3ncc(Br)cc23)c1F. The molecule has 2 N–H and O–H groups in total. The molecule has 0 unspecified atom stereocenters. The summed E-state index contributed by atoms with van der Waals surface area (Å²) < 4.78 is 29.1. The Hall–Kier alpha value is -2.32. The molecule has 2 heterocycles. The zero-order valence-electron chi connectivity index (χ0n) is 11.8. The minimum atomic E-state index is -1.02. The number of rotatable bonds is 4. The molecule has 0 saturated heterocycles. The highest BCUT2D eigenvalue weighted by atomic mass is 79.9. The molecule has 5 nitrogen and oxygen atoms in total. The van der Waals surface area contributed by atoms with E-state index in [2.05, 4.69) is 36.2 Å². The van der Waals surface area contributed by atoms with Crippen LogP contribution in [0.4, 0.5) is 14.5 Å². The number of aromatic nitrogens is 2. The lowest BCUT2D eigenvalue weighted by molar-refractivity contribution is 0.103. The monoisotopic (exact) mass is 381 g/mol. The predicted molar refractivity (Wildman–Crippen MR) is 84.2 cm³/mol. The molecule has 118 valence electrons. The Morgan fingerprint density at radius 3 is 2.91 bits per heavy atom. The van der Waals surface area contributed by atoms with E-state index >= 15 is 0 Å². The second-order valence-corrected chi connectivity index (χ2v) is 5.59. The number of carbonyl (C=O) groups excluding carboxylic acids is 1. The van der Waals surface area contributed by atoms with E-state index in [9.17, 15) is 13.6 Å². The van der Waals surface area contributed by atoms with Gasteiger partial charge < -0.3 is 4.98 Å². The maximum Gasteiger partial charge on any atom is 0.201 e. The van der Waals surface area contributed by atoms with Crippen LogP contribution in [0, 0.1) is 11.6 Å². The van der Waals surface area contributed by atoms with Gasteiger partial charge in [0.05, 0.1) is 18.4 Å². The fourth-order valence-electron chi connectivity index (χ4n) is 2.25. The van der Waals surface area contributed by atoms with Crippen LogP contribution in [0.5, 0.6) is 0 Å². The quantitative estimate of drug-likeness (QED) is 0.532. The van der Waals surface area contributed by atoms with Gasteiger partial charge in [-0.3, -0.25) is 15.1 Å². The van der Waals surface area contributed by atoms with E-state index in [4.69, 9.17) is 0 Å². The second kappa shape index (κ2) is 6.05. The summed E-state index contributed by atoms with van der Waals surface area (Å²) in [5.74, 6) is -2.76. The topological polar surface area (TPSA) is 67.0 Å². The number of nitrogens with one attached hydrogen (secondary N) is 2. The van der Waals surface area contributed by atoms with Gasteiger partial charge in [0, 0.05) is 27.8 Å². The summed E-state index contributed by atoms with van der Waals surface area (Å²) in [5, 5.41) is 0.466. The number of nitrogens with zero attached hydrogens (tertiary/aromatic N) is 1. The van der Waals surface area contributed by atoms with Gasteiger partial charge in [-0.25, -0.2) is 13.8 Å². The van der Waals surface area contributed by atoms with Crippen molar-refractivity contribution in [2.45, 2.75) is 0 Å². The van der Waals surface area contributed by atoms with E-state index in [-0.39, 0.29) is 11.3 Å². The number of pyridine rings is 1. The highest BCUT2D eigenvalue weighted by Gasteiger charge is 2.24. The number of carbonyl (C=O) groups is 1. The van der Waals surface area contributed by atoms with E-state index in [1.165, 1.54) is 13.3 Å². The van der Waals surface area contributed by atoms with Crippen molar-refractivity contribution in [1.29, 1.82) is 0 Å². The van der Waals surface area contributed by atoms with Gasteiger partial charge in [0.1, 0.15) is 11.5 Å². The molecule has 0 saturated carbocycles. The number of ketones is 1. The molecule has 0 radical (unpaired) electrons. The first-order valence-electron chi connectivity index (χ1n) is 6.47. The van der Waals surface area contributed by atoms with Crippen molar-refractivity contribution < 1.29 is 18.4 Å². The first-order chi connectivity index (χ1) is 11.0. The van der Waals surface area contributed by atoms with Gasteiger partial charge in [-0.05, 0) is 34.1 Å². The number of hydrogen-bond acceptors (Lipinski definition) is 4. The normalized spacial score (nSPS) is 11.0. The van der Waals surface area contributed by atoms with E-state index in [0.717, 1.165) is 12.1 Å². The van der Waals surface area contributed by atoms with Gasteiger partial charge in [0.25, 0.3) is 0 Å². The van der Waals surface area contributed by atoms with Crippen LogP contribution < -0.4 is 5.48 Å². The number of hydrogen-bond donors (Lipinski definition) is 2.